The molecular formula is C14H19NO2. The van der Waals surface area contributed by atoms with Crippen LogP contribution in [0.25, 0.3) is 0 Å². The van der Waals surface area contributed by atoms with Gasteiger partial charge in [-0.2, -0.15) is 5.26 Å². The van der Waals surface area contributed by atoms with Crippen molar-refractivity contribution in [3.05, 3.63) is 29.3 Å². The molecule has 0 radical (unpaired) electrons. The van der Waals surface area contributed by atoms with Crippen LogP contribution in [0.5, 0.6) is 5.75 Å². The number of aryl methyl sites for hydroxylation is 1. The van der Waals surface area contributed by atoms with Crippen molar-refractivity contribution in [1.82, 2.24) is 0 Å². The lowest BCUT2D eigenvalue weighted by Gasteiger charge is -2.11. The van der Waals surface area contributed by atoms with Crippen LogP contribution in [-0.4, -0.2) is 11.7 Å². The fraction of sp³-hybridized carbons (Fsp3) is 0.500. The van der Waals surface area contributed by atoms with E-state index in [9.17, 15) is 5.11 Å². The molecule has 0 saturated heterocycles. The minimum Gasteiger partial charge on any atom is -0.493 e. The Bertz CT molecular complexity index is 394. The van der Waals surface area contributed by atoms with Gasteiger partial charge in [0.2, 0.25) is 0 Å². The second-order valence-corrected chi connectivity index (χ2v) is 4.16. The molecule has 3 heteroatoms. The van der Waals surface area contributed by atoms with Gasteiger partial charge in [-0.3, -0.25) is 0 Å². The van der Waals surface area contributed by atoms with Crippen LogP contribution >= 0.6 is 0 Å². The summed E-state index contributed by atoms with van der Waals surface area (Å²) < 4.78 is 5.63. The van der Waals surface area contributed by atoms with Gasteiger partial charge in [-0.05, 0) is 49.9 Å². The lowest BCUT2D eigenvalue weighted by molar-refractivity contribution is 0.199. The number of nitriles is 1. The lowest BCUT2D eigenvalue weighted by Crippen LogP contribution is -2.00. The maximum atomic E-state index is 9.44. The van der Waals surface area contributed by atoms with Crippen molar-refractivity contribution in [2.24, 2.45) is 0 Å². The van der Waals surface area contributed by atoms with Gasteiger partial charge in [-0.15, -0.1) is 0 Å². The number of rotatable bonds is 6. The van der Waals surface area contributed by atoms with Gasteiger partial charge in [0, 0.05) is 6.42 Å². The summed E-state index contributed by atoms with van der Waals surface area (Å²) in [5.74, 6) is 0.853. The molecule has 1 rings (SSSR count). The molecule has 0 fully saturated rings. The zero-order chi connectivity index (χ0) is 12.7. The third-order valence-corrected chi connectivity index (χ3v) is 2.62. The monoisotopic (exact) mass is 233 g/mol. The highest BCUT2D eigenvalue weighted by Crippen LogP contribution is 2.22. The Hall–Kier alpha value is -1.53. The van der Waals surface area contributed by atoms with E-state index in [1.54, 1.807) is 6.92 Å². The van der Waals surface area contributed by atoms with E-state index in [-0.39, 0.29) is 0 Å². The lowest BCUT2D eigenvalue weighted by atomic mass is 10.1. The molecule has 0 aliphatic heterocycles. The number of nitrogens with zero attached hydrogens (tertiary/aromatic N) is 1. The van der Waals surface area contributed by atoms with Crippen molar-refractivity contribution in [1.29, 1.82) is 5.26 Å². The second kappa shape index (κ2) is 6.93. The van der Waals surface area contributed by atoms with E-state index in [0.717, 1.165) is 29.7 Å². The highest BCUT2D eigenvalue weighted by Gasteiger charge is 2.04. The summed E-state index contributed by atoms with van der Waals surface area (Å²) >= 11 is 0. The van der Waals surface area contributed by atoms with E-state index in [4.69, 9.17) is 10.00 Å². The summed E-state index contributed by atoms with van der Waals surface area (Å²) in [6, 6.07) is 7.82. The molecule has 0 bridgehead atoms. The summed E-state index contributed by atoms with van der Waals surface area (Å²) in [6.07, 6.45) is 1.91. The van der Waals surface area contributed by atoms with Crippen molar-refractivity contribution in [3.63, 3.8) is 0 Å². The van der Waals surface area contributed by atoms with Gasteiger partial charge in [0.15, 0.2) is 0 Å². The van der Waals surface area contributed by atoms with E-state index in [1.165, 1.54) is 0 Å². The fourth-order valence-corrected chi connectivity index (χ4v) is 1.58. The van der Waals surface area contributed by atoms with E-state index in [2.05, 4.69) is 6.07 Å². The summed E-state index contributed by atoms with van der Waals surface area (Å²) in [7, 11) is 0. The van der Waals surface area contributed by atoms with Gasteiger partial charge < -0.3 is 9.84 Å². The molecule has 0 aliphatic rings. The molecule has 0 saturated carbocycles. The summed E-state index contributed by atoms with van der Waals surface area (Å²) in [4.78, 5) is 0. The van der Waals surface area contributed by atoms with Crippen LogP contribution in [0.3, 0.4) is 0 Å². The molecule has 92 valence electrons. The molecule has 0 heterocycles. The average Bonchev–Trinajstić information content (AvgIpc) is 2.30. The highest BCUT2D eigenvalue weighted by atomic mass is 16.5. The van der Waals surface area contributed by atoms with Crippen molar-refractivity contribution in [2.45, 2.75) is 39.2 Å². The third-order valence-electron chi connectivity index (χ3n) is 2.62. The maximum absolute atomic E-state index is 9.44. The molecule has 1 atom stereocenters. The largest absolute Gasteiger partial charge is 0.493 e. The normalized spacial score (nSPS) is 11.9. The molecule has 1 unspecified atom stereocenters. The number of unbranched alkanes of at least 4 members (excludes halogenated alkanes) is 2. The second-order valence-electron chi connectivity index (χ2n) is 4.16. The molecular weight excluding hydrogens is 214 g/mol. The number of aliphatic hydroxyl groups excluding tert-OH is 1. The Morgan fingerprint density at radius 1 is 1.41 bits per heavy atom. The van der Waals surface area contributed by atoms with Crippen LogP contribution < -0.4 is 4.74 Å². The standard InChI is InChI=1S/C14H19NO2/c1-11-10-13(12(2)16)6-7-14(11)17-9-5-3-4-8-15/h6-7,10,12,16H,3-5,9H2,1-2H3. The van der Waals surface area contributed by atoms with Crippen molar-refractivity contribution in [3.8, 4) is 11.8 Å². The quantitative estimate of drug-likeness (QED) is 0.768. The van der Waals surface area contributed by atoms with E-state index in [1.807, 2.05) is 25.1 Å². The van der Waals surface area contributed by atoms with E-state index in [0.29, 0.717) is 13.0 Å². The number of ether oxygens (including phenoxy) is 1. The number of benzene rings is 1. The smallest absolute Gasteiger partial charge is 0.122 e. The Morgan fingerprint density at radius 3 is 2.76 bits per heavy atom. The van der Waals surface area contributed by atoms with Gasteiger partial charge >= 0.3 is 0 Å². The first-order chi connectivity index (χ1) is 8.15. The summed E-state index contributed by atoms with van der Waals surface area (Å²) in [6.45, 7) is 4.35. The fourth-order valence-electron chi connectivity index (χ4n) is 1.58. The Morgan fingerprint density at radius 2 is 2.18 bits per heavy atom. The van der Waals surface area contributed by atoms with Crippen LogP contribution in [-0.2, 0) is 0 Å². The Kier molecular flexibility index (Phi) is 5.51. The van der Waals surface area contributed by atoms with Crippen LogP contribution in [0.15, 0.2) is 18.2 Å². The predicted molar refractivity (Wildman–Crippen MR) is 66.8 cm³/mol. The molecule has 0 amide bonds. The summed E-state index contributed by atoms with van der Waals surface area (Å²) in [5, 5.41) is 17.8. The predicted octanol–water partition coefficient (Wildman–Crippen LogP) is 3.12. The van der Waals surface area contributed by atoms with Crippen LogP contribution in [0.4, 0.5) is 0 Å². The van der Waals surface area contributed by atoms with Crippen molar-refractivity contribution >= 4 is 0 Å². The first-order valence-corrected chi connectivity index (χ1v) is 5.93. The average molecular weight is 233 g/mol. The Labute approximate surface area is 103 Å². The molecule has 1 aromatic rings. The molecule has 1 aromatic carbocycles. The van der Waals surface area contributed by atoms with Gasteiger partial charge in [-0.1, -0.05) is 6.07 Å². The van der Waals surface area contributed by atoms with Crippen LogP contribution in [0.1, 0.15) is 43.4 Å². The minimum absolute atomic E-state index is 0.446. The zero-order valence-corrected chi connectivity index (χ0v) is 10.4. The topological polar surface area (TPSA) is 53.2 Å². The first-order valence-electron chi connectivity index (χ1n) is 5.93. The van der Waals surface area contributed by atoms with E-state index < -0.39 is 6.10 Å². The molecule has 3 nitrogen and oxygen atoms in total. The SMILES string of the molecule is Cc1cc(C(C)O)ccc1OCCCCC#N. The zero-order valence-electron chi connectivity index (χ0n) is 10.4. The third kappa shape index (κ3) is 4.46. The van der Waals surface area contributed by atoms with Crippen molar-refractivity contribution in [2.75, 3.05) is 6.61 Å². The van der Waals surface area contributed by atoms with Crippen LogP contribution in [0.2, 0.25) is 0 Å². The highest BCUT2D eigenvalue weighted by molar-refractivity contribution is 5.36. The molecule has 1 N–H and O–H groups in total. The number of hydrogen-bond donors (Lipinski definition) is 1. The van der Waals surface area contributed by atoms with Crippen LogP contribution in [0, 0.1) is 18.3 Å². The molecule has 0 aromatic heterocycles. The first kappa shape index (κ1) is 13.5. The minimum atomic E-state index is -0.446. The van der Waals surface area contributed by atoms with Gasteiger partial charge in [0.1, 0.15) is 5.75 Å². The van der Waals surface area contributed by atoms with E-state index >= 15 is 0 Å². The Balaban J connectivity index is 2.47. The summed E-state index contributed by atoms with van der Waals surface area (Å²) in [5.41, 5.74) is 1.93. The molecule has 17 heavy (non-hydrogen) atoms. The molecule has 0 spiro atoms. The number of hydrogen-bond acceptors (Lipinski definition) is 3. The maximum Gasteiger partial charge on any atom is 0.122 e. The van der Waals surface area contributed by atoms with Gasteiger partial charge in [0.25, 0.3) is 0 Å². The van der Waals surface area contributed by atoms with Gasteiger partial charge in [-0.25, -0.2) is 0 Å². The van der Waals surface area contributed by atoms with Crippen molar-refractivity contribution < 1.29 is 9.84 Å². The molecule has 0 aliphatic carbocycles. The van der Waals surface area contributed by atoms with Gasteiger partial charge in [0.05, 0.1) is 18.8 Å². The number of aliphatic hydroxyl groups is 1.